The van der Waals surface area contributed by atoms with Crippen LogP contribution in [0.5, 0.6) is 0 Å². The van der Waals surface area contributed by atoms with Crippen molar-refractivity contribution in [3.8, 4) is 0 Å². The number of benzene rings is 1. The van der Waals surface area contributed by atoms with Crippen LogP contribution < -0.4 is 16.2 Å². The first-order chi connectivity index (χ1) is 17.9. The number of nitrogens with two attached hydrogens (primary N) is 1. The van der Waals surface area contributed by atoms with E-state index in [0.717, 1.165) is 32.0 Å². The molecule has 4 saturated carbocycles. The smallest absolute Gasteiger partial charge is 0.266 e. The number of aromatic nitrogens is 1. The Morgan fingerprint density at radius 2 is 1.74 bits per heavy atom. The maximum atomic E-state index is 15.4. The summed E-state index contributed by atoms with van der Waals surface area (Å²) in [6, 6.07) is 4.39. The number of carbonyl (C=O) groups is 1. The van der Waals surface area contributed by atoms with Gasteiger partial charge in [-0.25, -0.2) is 17.6 Å². The number of amides is 1. The van der Waals surface area contributed by atoms with Crippen molar-refractivity contribution in [1.82, 2.24) is 9.47 Å². The summed E-state index contributed by atoms with van der Waals surface area (Å²) in [6.07, 6.45) is 0.973. The van der Waals surface area contributed by atoms with Gasteiger partial charge in [-0.15, -0.1) is 0 Å². The first kappa shape index (κ1) is 25.4. The third-order valence-electron chi connectivity index (χ3n) is 9.47. The zero-order valence-corrected chi connectivity index (χ0v) is 21.5. The van der Waals surface area contributed by atoms with Gasteiger partial charge in [-0.3, -0.25) is 9.59 Å². The molecule has 2 heterocycles. The summed E-state index contributed by atoms with van der Waals surface area (Å²) in [5.74, 6) is -1.39. The summed E-state index contributed by atoms with van der Waals surface area (Å²) in [7, 11) is 2.04. The Morgan fingerprint density at radius 3 is 2.29 bits per heavy atom. The monoisotopic (exact) mass is 532 g/mol. The maximum Gasteiger partial charge on any atom is 0.266 e. The molecule has 1 aromatic carbocycles. The maximum absolute atomic E-state index is 15.4. The van der Waals surface area contributed by atoms with Crippen LogP contribution in [0.25, 0.3) is 0 Å². The van der Waals surface area contributed by atoms with Crippen LogP contribution >= 0.6 is 0 Å². The Balaban J connectivity index is 1.50. The fourth-order valence-electron chi connectivity index (χ4n) is 7.89. The minimum absolute atomic E-state index is 0.0690. The minimum Gasteiger partial charge on any atom is -0.365 e. The van der Waals surface area contributed by atoms with Crippen LogP contribution in [0.3, 0.4) is 0 Å². The lowest BCUT2D eigenvalue weighted by Gasteiger charge is -2.66. The Morgan fingerprint density at radius 1 is 1.13 bits per heavy atom. The molecule has 6 nitrogen and oxygen atoms in total. The van der Waals surface area contributed by atoms with E-state index in [1.165, 1.54) is 29.0 Å². The van der Waals surface area contributed by atoms with E-state index < -0.39 is 41.0 Å². The molecule has 1 amide bonds. The number of alkyl halides is 3. The third kappa shape index (κ3) is 3.70. The van der Waals surface area contributed by atoms with Crippen molar-refractivity contribution in [2.24, 2.45) is 17.6 Å². The van der Waals surface area contributed by atoms with Gasteiger partial charge in [0.25, 0.3) is 17.9 Å². The summed E-state index contributed by atoms with van der Waals surface area (Å²) < 4.78 is 58.3. The predicted octanol–water partition coefficient (Wildman–Crippen LogP) is 4.53. The second-order valence-corrected chi connectivity index (χ2v) is 12.0. The molecule has 2 aromatic rings. The summed E-state index contributed by atoms with van der Waals surface area (Å²) in [6.45, 7) is 3.29. The summed E-state index contributed by atoms with van der Waals surface area (Å²) in [5, 5.41) is 0. The van der Waals surface area contributed by atoms with E-state index in [4.69, 9.17) is 5.73 Å². The van der Waals surface area contributed by atoms with Crippen LogP contribution in [0.15, 0.2) is 35.3 Å². The number of hydrogen-bond donors (Lipinski definition) is 1. The second kappa shape index (κ2) is 8.56. The molecule has 2 unspecified atom stereocenters. The number of likely N-dealkylation sites (tertiary alicyclic amines) is 1. The fourth-order valence-corrected chi connectivity index (χ4v) is 7.89. The van der Waals surface area contributed by atoms with Gasteiger partial charge >= 0.3 is 0 Å². The number of nitrogens with zero attached hydrogens (tertiary/aromatic N) is 3. The number of primary amides is 1. The van der Waals surface area contributed by atoms with Crippen molar-refractivity contribution in [1.29, 1.82) is 0 Å². The fraction of sp³-hybridized carbons (Fsp3) is 0.571. The lowest BCUT2D eigenvalue weighted by Crippen LogP contribution is -2.71. The average molecular weight is 533 g/mol. The number of carbonyl (C=O) groups excluding carboxylic acids is 1. The van der Waals surface area contributed by atoms with Gasteiger partial charge in [-0.05, 0) is 38.6 Å². The first-order valence-corrected chi connectivity index (χ1v) is 13.2. The van der Waals surface area contributed by atoms with E-state index in [0.29, 0.717) is 0 Å². The first-order valence-electron chi connectivity index (χ1n) is 13.2. The number of piperidine rings is 1. The molecule has 3 atom stereocenters. The molecule has 1 saturated heterocycles. The number of hydrogen-bond acceptors (Lipinski definition) is 4. The summed E-state index contributed by atoms with van der Waals surface area (Å²) in [4.78, 5) is 30.4. The van der Waals surface area contributed by atoms with Gasteiger partial charge in [-0.2, -0.15) is 0 Å². The lowest BCUT2D eigenvalue weighted by atomic mass is 9.47. The molecule has 5 fully saturated rings. The van der Waals surface area contributed by atoms with Gasteiger partial charge in [0.05, 0.1) is 28.4 Å². The molecule has 10 heteroatoms. The number of rotatable bonds is 7. The standard InChI is InChI=1S/C28H32F4N4O2/c1-15(18-4-3-5-19(23(18)29)25(30)31)36(24-16-6-7-17(24)10-34(2)9-16)21-8-22(37)35(11-20(21)26(33)38)28-12-27(32,13-28)14-28/h3-5,8,11,15-17,24-25H,6-7,9-10,12-14H2,1-2H3,(H2,33,38)/t15-,16?,17?,24?,27?,28?/m1/s1. The number of halogens is 4. The number of fused-ring (bicyclic) bond motifs is 2. The van der Waals surface area contributed by atoms with Gasteiger partial charge in [0.1, 0.15) is 11.5 Å². The highest BCUT2D eigenvalue weighted by Gasteiger charge is 2.70. The molecule has 4 aliphatic carbocycles. The van der Waals surface area contributed by atoms with Gasteiger partial charge < -0.3 is 20.1 Å². The molecule has 2 N–H and O–H groups in total. The van der Waals surface area contributed by atoms with E-state index in [1.54, 1.807) is 6.92 Å². The summed E-state index contributed by atoms with van der Waals surface area (Å²) >= 11 is 0. The summed E-state index contributed by atoms with van der Waals surface area (Å²) in [5.41, 5.74) is 3.33. The van der Waals surface area contributed by atoms with Crippen molar-refractivity contribution in [2.45, 2.75) is 68.7 Å². The SMILES string of the molecule is C[C@H](c1cccc(C(F)F)c1F)N(c1cc(=O)n(C23CC(F)(C2)C3)cc1C(N)=O)C1C2CCC1CN(C)C2. The normalized spacial score (nSPS) is 32.6. The van der Waals surface area contributed by atoms with E-state index in [-0.39, 0.29) is 59.5 Å². The van der Waals surface area contributed by atoms with Crippen LogP contribution in [-0.2, 0) is 5.54 Å². The van der Waals surface area contributed by atoms with E-state index in [9.17, 15) is 22.8 Å². The highest BCUT2D eigenvalue weighted by Crippen LogP contribution is 2.67. The molecule has 1 aromatic heterocycles. The Bertz CT molecular complexity index is 1330. The Kier molecular flexibility index (Phi) is 5.72. The van der Waals surface area contributed by atoms with Crippen LogP contribution in [-0.4, -0.2) is 47.2 Å². The minimum atomic E-state index is -2.98. The molecule has 0 spiro atoms. The quantitative estimate of drug-likeness (QED) is 0.532. The molecule has 4 bridgehead atoms. The lowest BCUT2D eigenvalue weighted by molar-refractivity contribution is -0.199. The highest BCUT2D eigenvalue weighted by molar-refractivity contribution is 5.98. The van der Waals surface area contributed by atoms with E-state index >= 15 is 4.39 Å². The molecule has 0 radical (unpaired) electrons. The van der Waals surface area contributed by atoms with Gasteiger partial charge in [0, 0.05) is 56.2 Å². The predicted molar refractivity (Wildman–Crippen MR) is 135 cm³/mol. The van der Waals surface area contributed by atoms with Crippen molar-refractivity contribution >= 4 is 11.6 Å². The number of anilines is 1. The van der Waals surface area contributed by atoms with Crippen LogP contribution in [0.1, 0.15) is 73.0 Å². The Labute approximate surface area is 218 Å². The zero-order chi connectivity index (χ0) is 27.1. The molecule has 7 rings (SSSR count). The second-order valence-electron chi connectivity index (χ2n) is 12.0. The van der Waals surface area contributed by atoms with Gasteiger partial charge in [0.15, 0.2) is 0 Å². The van der Waals surface area contributed by atoms with Crippen molar-refractivity contribution in [2.75, 3.05) is 25.0 Å². The van der Waals surface area contributed by atoms with Crippen LogP contribution in [0.2, 0.25) is 0 Å². The van der Waals surface area contributed by atoms with E-state index in [2.05, 4.69) is 4.90 Å². The largest absolute Gasteiger partial charge is 0.365 e. The highest BCUT2D eigenvalue weighted by atomic mass is 19.3. The van der Waals surface area contributed by atoms with E-state index in [1.807, 2.05) is 11.9 Å². The molecular formula is C28H32F4N4O2. The molecule has 1 aliphatic heterocycles. The third-order valence-corrected chi connectivity index (χ3v) is 9.47. The van der Waals surface area contributed by atoms with Crippen molar-refractivity contribution in [3.05, 3.63) is 63.3 Å². The molecule has 5 aliphatic rings. The molecule has 38 heavy (non-hydrogen) atoms. The van der Waals surface area contributed by atoms with Crippen LogP contribution in [0.4, 0.5) is 23.2 Å². The van der Waals surface area contributed by atoms with Gasteiger partial charge in [0.2, 0.25) is 0 Å². The molecular weight excluding hydrogens is 500 g/mol. The Hall–Kier alpha value is -2.88. The molecule has 204 valence electrons. The average Bonchev–Trinajstić information content (AvgIpc) is 3.06. The van der Waals surface area contributed by atoms with Crippen molar-refractivity contribution < 1.29 is 22.4 Å². The van der Waals surface area contributed by atoms with Crippen LogP contribution in [0, 0.1) is 17.7 Å². The van der Waals surface area contributed by atoms with Crippen molar-refractivity contribution in [3.63, 3.8) is 0 Å². The van der Waals surface area contributed by atoms with Gasteiger partial charge in [-0.1, -0.05) is 18.2 Å². The topological polar surface area (TPSA) is 71.6 Å². The number of pyridine rings is 1. The zero-order valence-electron chi connectivity index (χ0n) is 21.5.